The number of hydrogen-bond donors (Lipinski definition) is 0. The molecule has 0 aromatic heterocycles. The lowest BCUT2D eigenvalue weighted by molar-refractivity contribution is -0.136. The van der Waals surface area contributed by atoms with Crippen LogP contribution in [0.5, 0.6) is 5.75 Å². The number of aryl methyl sites for hydroxylation is 1. The van der Waals surface area contributed by atoms with Gasteiger partial charge in [-0.2, -0.15) is 0 Å². The summed E-state index contributed by atoms with van der Waals surface area (Å²) in [6.07, 6.45) is 1.48. The molecule has 1 heterocycles. The molecule has 2 aromatic rings. The maximum atomic E-state index is 13.0. The van der Waals surface area contributed by atoms with Crippen LogP contribution in [0.15, 0.2) is 48.5 Å². The average Bonchev–Trinajstić information content (AvgIpc) is 3.02. The smallest absolute Gasteiger partial charge is 0.257 e. The Bertz CT molecular complexity index is 890. The first-order valence-corrected chi connectivity index (χ1v) is 9.80. The van der Waals surface area contributed by atoms with Crippen LogP contribution in [0.3, 0.4) is 0 Å². The molecular formula is C23H26N2O4. The minimum Gasteiger partial charge on any atom is -0.497 e. The topological polar surface area (TPSA) is 66.9 Å². The summed E-state index contributed by atoms with van der Waals surface area (Å²) in [4.78, 5) is 40.5. The van der Waals surface area contributed by atoms with Gasteiger partial charge < -0.3 is 9.64 Å². The summed E-state index contributed by atoms with van der Waals surface area (Å²) in [6, 6.07) is 14.2. The number of carbonyl (C=O) groups excluding carboxylic acids is 3. The molecule has 29 heavy (non-hydrogen) atoms. The van der Waals surface area contributed by atoms with Gasteiger partial charge in [0.2, 0.25) is 11.8 Å². The summed E-state index contributed by atoms with van der Waals surface area (Å²) in [7, 11) is 1.61. The van der Waals surface area contributed by atoms with Gasteiger partial charge in [-0.15, -0.1) is 0 Å². The molecule has 1 fully saturated rings. The second-order valence-corrected chi connectivity index (χ2v) is 7.12. The molecule has 0 bridgehead atoms. The lowest BCUT2D eigenvalue weighted by Crippen LogP contribution is -2.45. The van der Waals surface area contributed by atoms with Crippen LogP contribution in [0.4, 0.5) is 5.69 Å². The zero-order chi connectivity index (χ0) is 21.0. The van der Waals surface area contributed by atoms with Crippen LogP contribution in [0.25, 0.3) is 0 Å². The van der Waals surface area contributed by atoms with Gasteiger partial charge in [0.15, 0.2) is 0 Å². The lowest BCUT2D eigenvalue weighted by Gasteiger charge is -2.26. The zero-order valence-electron chi connectivity index (χ0n) is 17.1. The number of imide groups is 1. The van der Waals surface area contributed by atoms with E-state index in [4.69, 9.17) is 4.74 Å². The highest BCUT2D eigenvalue weighted by molar-refractivity contribution is 6.23. The Morgan fingerprint density at radius 2 is 1.69 bits per heavy atom. The fourth-order valence-electron chi connectivity index (χ4n) is 3.59. The van der Waals surface area contributed by atoms with E-state index >= 15 is 0 Å². The van der Waals surface area contributed by atoms with E-state index in [-0.39, 0.29) is 24.1 Å². The van der Waals surface area contributed by atoms with Crippen molar-refractivity contribution < 1.29 is 19.1 Å². The fourth-order valence-corrected chi connectivity index (χ4v) is 3.59. The van der Waals surface area contributed by atoms with Crippen LogP contribution in [0.1, 0.15) is 31.4 Å². The Hall–Kier alpha value is -3.15. The number of ether oxygens (including phenoxy) is 1. The van der Waals surface area contributed by atoms with Gasteiger partial charge >= 0.3 is 0 Å². The second-order valence-electron chi connectivity index (χ2n) is 7.12. The fraction of sp³-hybridized carbons (Fsp3) is 0.348. The molecule has 0 unspecified atom stereocenters. The van der Waals surface area contributed by atoms with Crippen molar-refractivity contribution in [1.82, 2.24) is 4.90 Å². The molecule has 1 saturated heterocycles. The number of anilines is 1. The van der Waals surface area contributed by atoms with E-state index in [0.717, 1.165) is 23.3 Å². The molecule has 0 N–H and O–H groups in total. The number of benzene rings is 2. The Morgan fingerprint density at radius 3 is 2.24 bits per heavy atom. The summed E-state index contributed by atoms with van der Waals surface area (Å²) in [5.41, 5.74) is 2.72. The van der Waals surface area contributed by atoms with Gasteiger partial charge in [0.05, 0.1) is 19.2 Å². The molecule has 0 spiro atoms. The van der Waals surface area contributed by atoms with E-state index in [1.807, 2.05) is 43.3 Å². The summed E-state index contributed by atoms with van der Waals surface area (Å²) in [5, 5.41) is 0. The molecule has 6 nitrogen and oxygen atoms in total. The van der Waals surface area contributed by atoms with Crippen molar-refractivity contribution in [2.75, 3.05) is 18.6 Å². The number of hydrogen-bond acceptors (Lipinski definition) is 4. The Morgan fingerprint density at radius 1 is 1.07 bits per heavy atom. The molecule has 0 aliphatic carbocycles. The first-order valence-electron chi connectivity index (χ1n) is 9.80. The summed E-state index contributed by atoms with van der Waals surface area (Å²) in [6.45, 7) is 3.85. The van der Waals surface area contributed by atoms with Crippen LogP contribution >= 0.6 is 0 Å². The lowest BCUT2D eigenvalue weighted by atomic mass is 10.1. The molecule has 0 radical (unpaired) electrons. The third-order valence-electron chi connectivity index (χ3n) is 5.31. The predicted molar refractivity (Wildman–Crippen MR) is 111 cm³/mol. The van der Waals surface area contributed by atoms with Gasteiger partial charge in [0, 0.05) is 13.5 Å². The predicted octanol–water partition coefficient (Wildman–Crippen LogP) is 2.98. The monoisotopic (exact) mass is 394 g/mol. The van der Waals surface area contributed by atoms with E-state index in [1.54, 1.807) is 19.2 Å². The minimum atomic E-state index is -0.760. The Balaban J connectivity index is 1.74. The number of nitrogens with zero attached hydrogens (tertiary/aromatic N) is 2. The zero-order valence-corrected chi connectivity index (χ0v) is 17.1. The summed E-state index contributed by atoms with van der Waals surface area (Å²) >= 11 is 0. The maximum absolute atomic E-state index is 13.0. The van der Waals surface area contributed by atoms with Crippen molar-refractivity contribution >= 4 is 23.4 Å². The third kappa shape index (κ3) is 4.47. The van der Waals surface area contributed by atoms with Crippen LogP contribution in [-0.2, 0) is 27.2 Å². The van der Waals surface area contributed by atoms with Gasteiger partial charge in [-0.25, -0.2) is 4.90 Å². The average molecular weight is 394 g/mol. The van der Waals surface area contributed by atoms with Crippen molar-refractivity contribution in [3.8, 4) is 5.75 Å². The SMILES string of the molecule is CCc1ccc(N2C(=O)C[C@@H](N(CCc3ccc(OC)cc3)C(C)=O)C2=O)cc1. The summed E-state index contributed by atoms with van der Waals surface area (Å²) in [5.74, 6) is -0.0737. The highest BCUT2D eigenvalue weighted by Crippen LogP contribution is 2.26. The second kappa shape index (κ2) is 8.90. The molecular weight excluding hydrogens is 368 g/mol. The molecule has 6 heteroatoms. The van der Waals surface area contributed by atoms with E-state index in [2.05, 4.69) is 0 Å². The molecule has 2 aromatic carbocycles. The molecule has 1 atom stereocenters. The van der Waals surface area contributed by atoms with Gasteiger partial charge in [0.1, 0.15) is 11.8 Å². The van der Waals surface area contributed by atoms with E-state index in [0.29, 0.717) is 18.7 Å². The normalized spacial score (nSPS) is 16.2. The minimum absolute atomic E-state index is 0.0105. The molecule has 152 valence electrons. The first-order chi connectivity index (χ1) is 13.9. The third-order valence-corrected chi connectivity index (χ3v) is 5.31. The van der Waals surface area contributed by atoms with Crippen molar-refractivity contribution in [2.45, 2.75) is 39.2 Å². The number of amides is 3. The highest BCUT2D eigenvalue weighted by atomic mass is 16.5. The Labute approximate surface area is 171 Å². The number of rotatable bonds is 7. The molecule has 0 saturated carbocycles. The van der Waals surface area contributed by atoms with E-state index < -0.39 is 6.04 Å². The first kappa shape index (κ1) is 20.6. The number of carbonyl (C=O) groups is 3. The van der Waals surface area contributed by atoms with Crippen molar-refractivity contribution in [3.05, 3.63) is 59.7 Å². The van der Waals surface area contributed by atoms with Crippen LogP contribution in [0, 0.1) is 0 Å². The van der Waals surface area contributed by atoms with Crippen LogP contribution in [0.2, 0.25) is 0 Å². The van der Waals surface area contributed by atoms with Gasteiger partial charge in [-0.3, -0.25) is 14.4 Å². The van der Waals surface area contributed by atoms with Crippen molar-refractivity contribution in [1.29, 1.82) is 0 Å². The van der Waals surface area contributed by atoms with E-state index in [1.165, 1.54) is 16.7 Å². The van der Waals surface area contributed by atoms with Crippen LogP contribution < -0.4 is 9.64 Å². The summed E-state index contributed by atoms with van der Waals surface area (Å²) < 4.78 is 5.16. The molecule has 1 aliphatic heterocycles. The molecule has 1 aliphatic rings. The van der Waals surface area contributed by atoms with Gasteiger partial charge in [-0.1, -0.05) is 31.2 Å². The number of methoxy groups -OCH3 is 1. The largest absolute Gasteiger partial charge is 0.497 e. The van der Waals surface area contributed by atoms with Gasteiger partial charge in [0.25, 0.3) is 5.91 Å². The molecule has 3 amide bonds. The van der Waals surface area contributed by atoms with Gasteiger partial charge in [-0.05, 0) is 48.2 Å². The Kier molecular flexibility index (Phi) is 6.32. The maximum Gasteiger partial charge on any atom is 0.257 e. The standard InChI is InChI=1S/C23H26N2O4/c1-4-17-5-9-19(10-6-17)25-22(27)15-21(23(25)28)24(16(2)26)14-13-18-7-11-20(29-3)12-8-18/h5-12,21H,4,13-15H2,1-3H3/t21-/m1/s1. The van der Waals surface area contributed by atoms with Crippen molar-refractivity contribution in [3.63, 3.8) is 0 Å². The quantitative estimate of drug-likeness (QED) is 0.677. The van der Waals surface area contributed by atoms with Crippen molar-refractivity contribution in [2.24, 2.45) is 0 Å². The van der Waals surface area contributed by atoms with E-state index in [9.17, 15) is 14.4 Å². The highest BCUT2D eigenvalue weighted by Gasteiger charge is 2.43. The molecule has 3 rings (SSSR count). The van der Waals surface area contributed by atoms with Crippen LogP contribution in [-0.4, -0.2) is 42.3 Å².